The molecule has 1 atom stereocenters. The number of carbonyl (C=O) groups is 1. The summed E-state index contributed by atoms with van der Waals surface area (Å²) in [6.07, 6.45) is 1.52. The first-order valence-corrected chi connectivity index (χ1v) is 6.66. The topological polar surface area (TPSA) is 63.5 Å². The Morgan fingerprint density at radius 3 is 2.73 bits per heavy atom. The summed E-state index contributed by atoms with van der Waals surface area (Å²) in [5.74, 6) is 0.329. The van der Waals surface area contributed by atoms with Crippen molar-refractivity contribution in [2.75, 3.05) is 11.9 Å². The molecule has 0 fully saturated rings. The first kappa shape index (κ1) is 15.8. The van der Waals surface area contributed by atoms with E-state index >= 15 is 0 Å². The molecular formula is C15H16F2N2O3. The molecule has 0 bridgehead atoms. The number of benzene rings is 1. The zero-order valence-corrected chi connectivity index (χ0v) is 11.9. The van der Waals surface area contributed by atoms with E-state index in [-0.39, 0.29) is 24.2 Å². The number of hydrogen-bond donors (Lipinski definition) is 2. The minimum atomic E-state index is -2.92. The monoisotopic (exact) mass is 310 g/mol. The fourth-order valence-corrected chi connectivity index (χ4v) is 1.89. The highest BCUT2D eigenvalue weighted by atomic mass is 19.3. The second kappa shape index (κ2) is 7.44. The third-order valence-corrected chi connectivity index (χ3v) is 2.89. The quantitative estimate of drug-likeness (QED) is 0.824. The number of furan rings is 1. The molecule has 118 valence electrons. The van der Waals surface area contributed by atoms with E-state index in [1.165, 1.54) is 12.3 Å². The number of amides is 1. The molecule has 0 aliphatic rings. The van der Waals surface area contributed by atoms with Crippen LogP contribution in [-0.4, -0.2) is 19.1 Å². The van der Waals surface area contributed by atoms with Crippen LogP contribution >= 0.6 is 0 Å². The van der Waals surface area contributed by atoms with E-state index in [2.05, 4.69) is 15.4 Å². The zero-order valence-electron chi connectivity index (χ0n) is 11.9. The van der Waals surface area contributed by atoms with Gasteiger partial charge in [0.05, 0.1) is 24.5 Å². The van der Waals surface area contributed by atoms with Gasteiger partial charge in [0, 0.05) is 0 Å². The number of anilines is 1. The first-order valence-electron chi connectivity index (χ1n) is 6.66. The highest BCUT2D eigenvalue weighted by molar-refractivity contribution is 5.81. The van der Waals surface area contributed by atoms with Crippen LogP contribution in [0.2, 0.25) is 0 Å². The van der Waals surface area contributed by atoms with E-state index in [4.69, 9.17) is 4.42 Å². The SMILES string of the molecule is CC(NC(=O)CNc1ccccc1OC(F)F)c1ccco1. The minimum absolute atomic E-state index is 0.00983. The van der Waals surface area contributed by atoms with Crippen LogP contribution in [0.15, 0.2) is 47.1 Å². The summed E-state index contributed by atoms with van der Waals surface area (Å²) >= 11 is 0. The molecule has 1 heterocycles. The minimum Gasteiger partial charge on any atom is -0.467 e. The predicted molar refractivity (Wildman–Crippen MR) is 76.8 cm³/mol. The van der Waals surface area contributed by atoms with Crippen molar-refractivity contribution in [3.8, 4) is 5.75 Å². The molecule has 0 saturated carbocycles. The molecule has 1 unspecified atom stereocenters. The molecule has 2 rings (SSSR count). The van der Waals surface area contributed by atoms with E-state index in [0.29, 0.717) is 11.4 Å². The maximum atomic E-state index is 12.3. The number of para-hydroxylation sites is 2. The standard InChI is InChI=1S/C15H16F2N2O3/c1-10(12-7-4-8-21-12)19-14(20)9-18-11-5-2-3-6-13(11)22-15(16)17/h2-8,10,15,18H,9H2,1H3,(H,19,20). The Kier molecular flexibility index (Phi) is 5.35. The highest BCUT2D eigenvalue weighted by Gasteiger charge is 2.13. The third kappa shape index (κ3) is 4.47. The number of halogens is 2. The Morgan fingerprint density at radius 2 is 2.05 bits per heavy atom. The maximum Gasteiger partial charge on any atom is 0.387 e. The van der Waals surface area contributed by atoms with Crippen LogP contribution in [-0.2, 0) is 4.79 Å². The molecule has 0 aliphatic heterocycles. The Morgan fingerprint density at radius 1 is 1.27 bits per heavy atom. The van der Waals surface area contributed by atoms with Gasteiger partial charge in [-0.2, -0.15) is 8.78 Å². The molecule has 0 spiro atoms. The number of alkyl halides is 2. The van der Waals surface area contributed by atoms with Crippen LogP contribution in [0.4, 0.5) is 14.5 Å². The Hall–Kier alpha value is -2.57. The molecule has 2 N–H and O–H groups in total. The molecule has 0 saturated heterocycles. The molecule has 22 heavy (non-hydrogen) atoms. The summed E-state index contributed by atoms with van der Waals surface area (Å²) in [5, 5.41) is 5.50. The number of carbonyl (C=O) groups excluding carboxylic acids is 1. The Labute approximate surface area is 126 Å². The van der Waals surface area contributed by atoms with Gasteiger partial charge in [-0.15, -0.1) is 0 Å². The summed E-state index contributed by atoms with van der Waals surface area (Å²) in [7, 11) is 0. The largest absolute Gasteiger partial charge is 0.467 e. The summed E-state index contributed by atoms with van der Waals surface area (Å²) in [5.41, 5.74) is 0.323. The van der Waals surface area contributed by atoms with Crippen LogP contribution in [0.3, 0.4) is 0 Å². The summed E-state index contributed by atoms with van der Waals surface area (Å²) in [4.78, 5) is 11.9. The van der Waals surface area contributed by atoms with Gasteiger partial charge in [-0.05, 0) is 31.2 Å². The lowest BCUT2D eigenvalue weighted by Gasteiger charge is -2.14. The van der Waals surface area contributed by atoms with E-state index in [0.717, 1.165) is 0 Å². The lowest BCUT2D eigenvalue weighted by Crippen LogP contribution is -2.32. The summed E-state index contributed by atoms with van der Waals surface area (Å²) < 4.78 is 34.1. The van der Waals surface area contributed by atoms with Crippen molar-refractivity contribution in [2.45, 2.75) is 19.6 Å². The highest BCUT2D eigenvalue weighted by Crippen LogP contribution is 2.25. The number of rotatable bonds is 7. The van der Waals surface area contributed by atoms with Crippen molar-refractivity contribution in [3.63, 3.8) is 0 Å². The second-order valence-electron chi connectivity index (χ2n) is 4.53. The van der Waals surface area contributed by atoms with Gasteiger partial charge in [0.2, 0.25) is 5.91 Å². The van der Waals surface area contributed by atoms with Gasteiger partial charge in [-0.25, -0.2) is 0 Å². The van der Waals surface area contributed by atoms with Gasteiger partial charge in [-0.1, -0.05) is 12.1 Å². The van der Waals surface area contributed by atoms with Crippen LogP contribution < -0.4 is 15.4 Å². The van der Waals surface area contributed by atoms with Crippen molar-refractivity contribution in [1.82, 2.24) is 5.32 Å². The molecule has 1 aromatic heterocycles. The maximum absolute atomic E-state index is 12.3. The van der Waals surface area contributed by atoms with E-state index in [1.54, 1.807) is 37.3 Å². The fraction of sp³-hybridized carbons (Fsp3) is 0.267. The molecule has 7 heteroatoms. The van der Waals surface area contributed by atoms with E-state index in [9.17, 15) is 13.6 Å². The third-order valence-electron chi connectivity index (χ3n) is 2.89. The van der Waals surface area contributed by atoms with Gasteiger partial charge in [0.15, 0.2) is 0 Å². The lowest BCUT2D eigenvalue weighted by molar-refractivity contribution is -0.120. The average Bonchev–Trinajstić information content (AvgIpc) is 3.00. The van der Waals surface area contributed by atoms with Crippen LogP contribution in [0.25, 0.3) is 0 Å². The fourth-order valence-electron chi connectivity index (χ4n) is 1.89. The Bertz CT molecular complexity index is 603. The first-order chi connectivity index (χ1) is 10.6. The van der Waals surface area contributed by atoms with Gasteiger partial charge in [0.25, 0.3) is 0 Å². The summed E-state index contributed by atoms with van der Waals surface area (Å²) in [6, 6.07) is 9.39. The predicted octanol–water partition coefficient (Wildman–Crippen LogP) is 3.17. The van der Waals surface area contributed by atoms with Crippen LogP contribution in [0.5, 0.6) is 5.75 Å². The zero-order chi connectivity index (χ0) is 15.9. The molecule has 2 aromatic rings. The van der Waals surface area contributed by atoms with E-state index < -0.39 is 6.61 Å². The lowest BCUT2D eigenvalue weighted by atomic mass is 10.2. The molecular weight excluding hydrogens is 294 g/mol. The van der Waals surface area contributed by atoms with Crippen molar-refractivity contribution < 1.29 is 22.7 Å². The van der Waals surface area contributed by atoms with Gasteiger partial charge >= 0.3 is 6.61 Å². The average molecular weight is 310 g/mol. The smallest absolute Gasteiger partial charge is 0.387 e. The van der Waals surface area contributed by atoms with Crippen molar-refractivity contribution in [1.29, 1.82) is 0 Å². The van der Waals surface area contributed by atoms with Crippen molar-refractivity contribution in [2.24, 2.45) is 0 Å². The van der Waals surface area contributed by atoms with Crippen LogP contribution in [0.1, 0.15) is 18.7 Å². The molecule has 0 aliphatic carbocycles. The molecule has 1 aromatic carbocycles. The number of ether oxygens (including phenoxy) is 1. The van der Waals surface area contributed by atoms with Crippen molar-refractivity contribution in [3.05, 3.63) is 48.4 Å². The Balaban J connectivity index is 1.88. The van der Waals surface area contributed by atoms with Gasteiger partial charge < -0.3 is 19.8 Å². The van der Waals surface area contributed by atoms with E-state index in [1.807, 2.05) is 0 Å². The number of hydrogen-bond acceptors (Lipinski definition) is 4. The van der Waals surface area contributed by atoms with Crippen LogP contribution in [0, 0.1) is 0 Å². The van der Waals surface area contributed by atoms with Gasteiger partial charge in [0.1, 0.15) is 11.5 Å². The van der Waals surface area contributed by atoms with Gasteiger partial charge in [-0.3, -0.25) is 4.79 Å². The summed E-state index contributed by atoms with van der Waals surface area (Å²) in [6.45, 7) is -1.21. The second-order valence-corrected chi connectivity index (χ2v) is 4.53. The molecule has 0 radical (unpaired) electrons. The number of nitrogens with one attached hydrogen (secondary N) is 2. The molecule has 5 nitrogen and oxygen atoms in total. The molecule has 1 amide bonds. The van der Waals surface area contributed by atoms with Crippen molar-refractivity contribution >= 4 is 11.6 Å². The normalized spacial score (nSPS) is 12.0.